The molecule has 0 bridgehead atoms. The molecule has 0 atom stereocenters. The highest BCUT2D eigenvalue weighted by Gasteiger charge is 2.16. The fourth-order valence-corrected chi connectivity index (χ4v) is 2.38. The summed E-state index contributed by atoms with van der Waals surface area (Å²) < 4.78 is 10.7. The molecule has 2 rings (SSSR count). The molecule has 0 saturated carbocycles. The maximum atomic E-state index is 6.06. The highest BCUT2D eigenvalue weighted by atomic mass is 35.5. The zero-order valence-corrected chi connectivity index (χ0v) is 13.4. The zero-order valence-electron chi connectivity index (χ0n) is 12.7. The summed E-state index contributed by atoms with van der Waals surface area (Å²) in [6, 6.07) is 3.63. The van der Waals surface area contributed by atoms with Gasteiger partial charge in [-0.15, -0.1) is 13.2 Å². The van der Waals surface area contributed by atoms with Gasteiger partial charge in [-0.1, -0.05) is 12.2 Å². The molecule has 6 heteroatoms. The average Bonchev–Trinajstić information content (AvgIpc) is 2.52. The molecule has 0 fully saturated rings. The van der Waals surface area contributed by atoms with E-state index in [1.54, 1.807) is 32.4 Å². The molecule has 5 nitrogen and oxygen atoms in total. The summed E-state index contributed by atoms with van der Waals surface area (Å²) in [6.45, 7) is 8.78. The molecule has 22 heavy (non-hydrogen) atoms. The van der Waals surface area contributed by atoms with Crippen molar-refractivity contribution in [1.29, 1.82) is 0 Å². The Morgan fingerprint density at radius 1 is 1.09 bits per heavy atom. The number of rotatable bonds is 7. The van der Waals surface area contributed by atoms with Crippen LogP contribution < -0.4 is 14.4 Å². The first-order chi connectivity index (χ1) is 10.6. The van der Waals surface area contributed by atoms with Gasteiger partial charge in [0.1, 0.15) is 5.82 Å². The molecule has 2 aromatic rings. The molecule has 0 aliphatic rings. The molecular formula is C16H18ClN3O2. The topological polar surface area (TPSA) is 47.5 Å². The minimum atomic E-state index is 0.174. The number of ether oxygens (including phenoxy) is 2. The van der Waals surface area contributed by atoms with Crippen molar-refractivity contribution >= 4 is 28.3 Å². The minimum Gasteiger partial charge on any atom is -0.493 e. The molecule has 0 amide bonds. The summed E-state index contributed by atoms with van der Waals surface area (Å²) >= 11 is 6.06. The van der Waals surface area contributed by atoms with Crippen molar-refractivity contribution in [2.75, 3.05) is 32.2 Å². The van der Waals surface area contributed by atoms with Gasteiger partial charge in [0.25, 0.3) is 0 Å². The van der Waals surface area contributed by atoms with Crippen LogP contribution in [0, 0.1) is 0 Å². The lowest BCUT2D eigenvalue weighted by molar-refractivity contribution is 0.356. The molecule has 1 aromatic heterocycles. The van der Waals surface area contributed by atoms with Crippen LogP contribution in [0.5, 0.6) is 11.5 Å². The third-order valence-corrected chi connectivity index (χ3v) is 3.32. The van der Waals surface area contributed by atoms with Gasteiger partial charge in [0.15, 0.2) is 11.5 Å². The van der Waals surface area contributed by atoms with Gasteiger partial charge in [-0.3, -0.25) is 0 Å². The van der Waals surface area contributed by atoms with E-state index in [2.05, 4.69) is 23.1 Å². The smallest absolute Gasteiger partial charge is 0.224 e. The zero-order chi connectivity index (χ0) is 16.1. The molecule has 0 unspecified atom stereocenters. The number of fused-ring (bicyclic) bond motifs is 1. The highest BCUT2D eigenvalue weighted by Crippen LogP contribution is 2.35. The Bertz CT molecular complexity index is 693. The minimum absolute atomic E-state index is 0.174. The maximum Gasteiger partial charge on any atom is 0.224 e. The van der Waals surface area contributed by atoms with E-state index < -0.39 is 0 Å². The van der Waals surface area contributed by atoms with Gasteiger partial charge in [-0.05, 0) is 17.7 Å². The van der Waals surface area contributed by atoms with E-state index in [1.165, 1.54) is 0 Å². The number of hydrogen-bond donors (Lipinski definition) is 0. The molecule has 0 aliphatic heterocycles. The van der Waals surface area contributed by atoms with Crippen molar-refractivity contribution in [1.82, 2.24) is 9.97 Å². The van der Waals surface area contributed by atoms with Gasteiger partial charge in [-0.2, -0.15) is 4.98 Å². The number of halogens is 1. The Morgan fingerprint density at radius 2 is 1.68 bits per heavy atom. The number of aromatic nitrogens is 2. The third-order valence-electron chi connectivity index (χ3n) is 3.15. The average molecular weight is 320 g/mol. The first-order valence-corrected chi connectivity index (χ1v) is 7.08. The van der Waals surface area contributed by atoms with E-state index in [0.717, 1.165) is 5.39 Å². The Kier molecular flexibility index (Phi) is 5.22. The van der Waals surface area contributed by atoms with Gasteiger partial charge >= 0.3 is 0 Å². The number of anilines is 1. The van der Waals surface area contributed by atoms with Crippen molar-refractivity contribution in [3.8, 4) is 11.5 Å². The largest absolute Gasteiger partial charge is 0.493 e. The van der Waals surface area contributed by atoms with Gasteiger partial charge in [0, 0.05) is 24.5 Å². The molecule has 0 N–H and O–H groups in total. The van der Waals surface area contributed by atoms with Gasteiger partial charge in [0.05, 0.1) is 19.7 Å². The predicted molar refractivity (Wildman–Crippen MR) is 90.3 cm³/mol. The van der Waals surface area contributed by atoms with E-state index >= 15 is 0 Å². The molecular weight excluding hydrogens is 302 g/mol. The second-order valence-electron chi connectivity index (χ2n) is 4.52. The number of methoxy groups -OCH3 is 2. The first kappa shape index (κ1) is 16.1. The molecule has 1 heterocycles. The molecule has 0 radical (unpaired) electrons. The fraction of sp³-hybridized carbons (Fsp3) is 0.250. The monoisotopic (exact) mass is 319 g/mol. The fourth-order valence-electron chi connectivity index (χ4n) is 2.21. The second-order valence-corrected chi connectivity index (χ2v) is 4.86. The third kappa shape index (κ3) is 3.14. The van der Waals surface area contributed by atoms with Crippen molar-refractivity contribution in [2.45, 2.75) is 0 Å². The van der Waals surface area contributed by atoms with Crippen LogP contribution in [0.2, 0.25) is 5.28 Å². The quantitative estimate of drug-likeness (QED) is 0.577. The molecule has 0 spiro atoms. The van der Waals surface area contributed by atoms with Crippen LogP contribution in [0.15, 0.2) is 37.4 Å². The van der Waals surface area contributed by atoms with E-state index in [1.807, 2.05) is 11.0 Å². The summed E-state index contributed by atoms with van der Waals surface area (Å²) in [4.78, 5) is 10.6. The molecule has 0 aliphatic carbocycles. The lowest BCUT2D eigenvalue weighted by Gasteiger charge is -2.22. The van der Waals surface area contributed by atoms with Crippen molar-refractivity contribution in [2.24, 2.45) is 0 Å². The Balaban J connectivity index is 2.71. The van der Waals surface area contributed by atoms with Crippen molar-refractivity contribution < 1.29 is 9.47 Å². The van der Waals surface area contributed by atoms with Gasteiger partial charge in [-0.25, -0.2) is 4.98 Å². The van der Waals surface area contributed by atoms with Crippen LogP contribution in [-0.2, 0) is 0 Å². The van der Waals surface area contributed by atoms with Gasteiger partial charge < -0.3 is 14.4 Å². The Labute approximate surface area is 134 Å². The maximum absolute atomic E-state index is 6.06. The van der Waals surface area contributed by atoms with E-state index in [0.29, 0.717) is 35.9 Å². The normalized spacial score (nSPS) is 10.3. The van der Waals surface area contributed by atoms with Gasteiger partial charge in [0.2, 0.25) is 5.28 Å². The first-order valence-electron chi connectivity index (χ1n) is 6.70. The second kappa shape index (κ2) is 7.13. The lowest BCUT2D eigenvalue weighted by atomic mass is 10.2. The highest BCUT2D eigenvalue weighted by molar-refractivity contribution is 6.28. The lowest BCUT2D eigenvalue weighted by Crippen LogP contribution is -2.24. The van der Waals surface area contributed by atoms with Crippen molar-refractivity contribution in [3.05, 3.63) is 42.7 Å². The molecule has 116 valence electrons. The molecule has 1 aromatic carbocycles. The summed E-state index contributed by atoms with van der Waals surface area (Å²) in [5.74, 6) is 1.91. The number of hydrogen-bond acceptors (Lipinski definition) is 5. The van der Waals surface area contributed by atoms with E-state index in [-0.39, 0.29) is 5.28 Å². The van der Waals surface area contributed by atoms with Crippen LogP contribution in [0.1, 0.15) is 0 Å². The van der Waals surface area contributed by atoms with Crippen LogP contribution in [0.3, 0.4) is 0 Å². The number of benzene rings is 1. The summed E-state index contributed by atoms with van der Waals surface area (Å²) in [5, 5.41) is 0.999. The predicted octanol–water partition coefficient (Wildman–Crippen LogP) is 3.48. The van der Waals surface area contributed by atoms with E-state index in [9.17, 15) is 0 Å². The van der Waals surface area contributed by atoms with Crippen LogP contribution >= 0.6 is 11.6 Å². The van der Waals surface area contributed by atoms with Crippen LogP contribution in [0.4, 0.5) is 5.82 Å². The summed E-state index contributed by atoms with van der Waals surface area (Å²) in [6.07, 6.45) is 3.60. The summed E-state index contributed by atoms with van der Waals surface area (Å²) in [5.41, 5.74) is 0.686. The Hall–Kier alpha value is -2.27. The van der Waals surface area contributed by atoms with Crippen LogP contribution in [0.25, 0.3) is 10.9 Å². The standard InChI is InChI=1S/C16H18ClN3O2/c1-5-7-20(8-6-2)15-11-9-13(21-3)14(22-4)10-12(11)18-16(17)19-15/h5-6,9-10H,1-2,7-8H2,3-4H3. The Morgan fingerprint density at radius 3 is 2.23 bits per heavy atom. The van der Waals surface area contributed by atoms with Crippen molar-refractivity contribution in [3.63, 3.8) is 0 Å². The molecule has 0 saturated heterocycles. The SMILES string of the molecule is C=CCN(CC=C)c1nc(Cl)nc2cc(OC)c(OC)cc12. The summed E-state index contributed by atoms with van der Waals surface area (Å²) in [7, 11) is 3.17. The van der Waals surface area contributed by atoms with E-state index in [4.69, 9.17) is 21.1 Å². The van der Waals surface area contributed by atoms with Crippen LogP contribution in [-0.4, -0.2) is 37.3 Å². The number of nitrogens with zero attached hydrogens (tertiary/aromatic N) is 3.